The average molecular weight is 384 g/mol. The fraction of sp³-hybridized carbons (Fsp3) is 0.200. The van der Waals surface area contributed by atoms with Crippen molar-refractivity contribution in [1.29, 1.82) is 0 Å². The molecule has 0 saturated heterocycles. The zero-order valence-corrected chi connectivity index (χ0v) is 14.8. The van der Waals surface area contributed by atoms with Crippen LogP contribution >= 0.6 is 0 Å². The van der Waals surface area contributed by atoms with Crippen LogP contribution in [0.1, 0.15) is 22.5 Å². The Morgan fingerprint density at radius 3 is 2.71 bits per heavy atom. The summed E-state index contributed by atoms with van der Waals surface area (Å²) in [7, 11) is 0. The maximum atomic E-state index is 14.0. The molecular weight excluding hydrogens is 366 g/mol. The van der Waals surface area contributed by atoms with Gasteiger partial charge in [0, 0.05) is 24.7 Å². The zero-order chi connectivity index (χ0) is 19.9. The molecule has 1 atom stereocenters. The highest BCUT2D eigenvalue weighted by Crippen LogP contribution is 2.19. The van der Waals surface area contributed by atoms with E-state index in [1.165, 1.54) is 30.5 Å². The van der Waals surface area contributed by atoms with Gasteiger partial charge in [0.15, 0.2) is 0 Å². The van der Waals surface area contributed by atoms with E-state index in [-0.39, 0.29) is 24.1 Å². The first-order valence-corrected chi connectivity index (χ1v) is 8.67. The molecule has 3 rings (SSSR count). The Hall–Kier alpha value is -3.42. The van der Waals surface area contributed by atoms with Crippen molar-refractivity contribution < 1.29 is 18.7 Å². The monoisotopic (exact) mass is 384 g/mol. The van der Waals surface area contributed by atoms with Crippen molar-refractivity contribution in [2.45, 2.75) is 19.0 Å². The Labute approximate surface area is 160 Å². The Balaban J connectivity index is 1.53. The number of pyridine rings is 1. The summed E-state index contributed by atoms with van der Waals surface area (Å²) in [6.45, 7) is 0.304. The van der Waals surface area contributed by atoms with Crippen molar-refractivity contribution in [2.75, 3.05) is 11.9 Å². The number of nitrogens with zero attached hydrogens (tertiary/aromatic N) is 3. The van der Waals surface area contributed by atoms with Gasteiger partial charge in [-0.2, -0.15) is 0 Å². The number of carboxylic acid groups (broad SMARTS) is 1. The Bertz CT molecular complexity index is 951. The highest BCUT2D eigenvalue weighted by molar-refractivity contribution is 5.89. The number of hydrogen-bond acceptors (Lipinski definition) is 5. The molecule has 144 valence electrons. The first-order chi connectivity index (χ1) is 13.5. The summed E-state index contributed by atoms with van der Waals surface area (Å²) in [5, 5.41) is 20.1. The number of rotatable bonds is 8. The molecule has 0 spiro atoms. The van der Waals surface area contributed by atoms with Crippen LogP contribution in [-0.4, -0.2) is 39.0 Å². The lowest BCUT2D eigenvalue weighted by atomic mass is 10.1. The maximum Gasteiger partial charge on any atom is 0.335 e. The predicted molar refractivity (Wildman–Crippen MR) is 100 cm³/mol. The number of alkyl halides is 1. The van der Waals surface area contributed by atoms with Gasteiger partial charge >= 0.3 is 5.97 Å². The van der Waals surface area contributed by atoms with Gasteiger partial charge in [0.2, 0.25) is 0 Å². The summed E-state index contributed by atoms with van der Waals surface area (Å²) in [6.07, 6.45) is 0.286. The fourth-order valence-corrected chi connectivity index (χ4v) is 2.63. The molecule has 6 nitrogen and oxygen atoms in total. The number of nitrogens with one attached hydrogen (secondary N) is 1. The second-order valence-electron chi connectivity index (χ2n) is 6.14. The zero-order valence-electron chi connectivity index (χ0n) is 14.8. The van der Waals surface area contributed by atoms with E-state index < -0.39 is 18.0 Å². The number of aromatic nitrogens is 3. The summed E-state index contributed by atoms with van der Waals surface area (Å²) >= 11 is 0. The molecular formula is C20H18F2N4O2. The summed E-state index contributed by atoms with van der Waals surface area (Å²) in [4.78, 5) is 14.9. The number of aromatic carboxylic acids is 1. The number of halogens is 2. The predicted octanol–water partition coefficient (Wildman–Crippen LogP) is 3.76. The smallest absolute Gasteiger partial charge is 0.335 e. The molecule has 0 unspecified atom stereocenters. The van der Waals surface area contributed by atoms with E-state index >= 15 is 0 Å². The Morgan fingerprint density at radius 1 is 1.14 bits per heavy atom. The molecule has 0 bridgehead atoms. The highest BCUT2D eigenvalue weighted by Gasteiger charge is 2.12. The number of hydrogen-bond donors (Lipinski definition) is 2. The van der Waals surface area contributed by atoms with Crippen LogP contribution in [-0.2, 0) is 6.42 Å². The SMILES string of the molecule is O=C(O)c1cccc(-c2ccc(NCC[C@H](F)Cc3ncccc3F)nn2)c1. The van der Waals surface area contributed by atoms with E-state index in [4.69, 9.17) is 5.11 Å². The number of anilines is 1. The van der Waals surface area contributed by atoms with Crippen LogP contribution in [0.2, 0.25) is 0 Å². The largest absolute Gasteiger partial charge is 0.478 e. The third kappa shape index (κ3) is 5.06. The minimum atomic E-state index is -1.23. The molecule has 2 heterocycles. The van der Waals surface area contributed by atoms with E-state index in [9.17, 15) is 13.6 Å². The molecule has 2 N–H and O–H groups in total. The second kappa shape index (κ2) is 8.98. The van der Waals surface area contributed by atoms with Crippen molar-refractivity contribution in [3.05, 3.63) is 71.8 Å². The minimum Gasteiger partial charge on any atom is -0.478 e. The summed E-state index contributed by atoms with van der Waals surface area (Å²) < 4.78 is 27.5. The summed E-state index contributed by atoms with van der Waals surface area (Å²) in [5.41, 5.74) is 1.45. The average Bonchev–Trinajstić information content (AvgIpc) is 2.70. The van der Waals surface area contributed by atoms with Crippen molar-refractivity contribution in [2.24, 2.45) is 0 Å². The standard InChI is InChI=1S/C20H18F2N4O2/c21-15(12-18-16(22)5-2-9-23-18)8-10-24-19-7-6-17(25-26-19)13-3-1-4-14(11-13)20(27)28/h1-7,9,11,15H,8,10,12H2,(H,24,26)(H,27,28)/t15-/m0/s1. The van der Waals surface area contributed by atoms with Gasteiger partial charge in [0.1, 0.15) is 17.8 Å². The molecule has 0 fully saturated rings. The van der Waals surface area contributed by atoms with E-state index in [1.54, 1.807) is 24.3 Å². The van der Waals surface area contributed by atoms with Crippen LogP contribution in [0, 0.1) is 5.82 Å². The summed E-state index contributed by atoms with van der Waals surface area (Å²) in [6, 6.07) is 12.5. The molecule has 1 aromatic carbocycles. The number of benzene rings is 1. The van der Waals surface area contributed by atoms with Gasteiger partial charge in [-0.05, 0) is 42.8 Å². The van der Waals surface area contributed by atoms with Gasteiger partial charge in [-0.1, -0.05) is 12.1 Å². The molecule has 0 aliphatic carbocycles. The lowest BCUT2D eigenvalue weighted by Gasteiger charge is -2.10. The van der Waals surface area contributed by atoms with Crippen LogP contribution < -0.4 is 5.32 Å². The highest BCUT2D eigenvalue weighted by atomic mass is 19.1. The van der Waals surface area contributed by atoms with Crippen LogP contribution in [0.3, 0.4) is 0 Å². The summed E-state index contributed by atoms with van der Waals surface area (Å²) in [5.74, 6) is -1.06. The number of carbonyl (C=O) groups is 1. The third-order valence-corrected chi connectivity index (χ3v) is 4.08. The minimum absolute atomic E-state index is 0.0844. The first-order valence-electron chi connectivity index (χ1n) is 8.67. The van der Waals surface area contributed by atoms with Crippen LogP contribution in [0.25, 0.3) is 11.3 Å². The fourth-order valence-electron chi connectivity index (χ4n) is 2.63. The topological polar surface area (TPSA) is 88.0 Å². The molecule has 0 saturated carbocycles. The molecule has 0 radical (unpaired) electrons. The molecule has 0 aliphatic heterocycles. The van der Waals surface area contributed by atoms with Gasteiger partial charge < -0.3 is 10.4 Å². The second-order valence-corrected chi connectivity index (χ2v) is 6.14. The van der Waals surface area contributed by atoms with Gasteiger partial charge in [-0.25, -0.2) is 13.6 Å². The first kappa shape index (κ1) is 19.3. The van der Waals surface area contributed by atoms with Gasteiger partial charge in [-0.15, -0.1) is 10.2 Å². The van der Waals surface area contributed by atoms with Crippen LogP contribution in [0.4, 0.5) is 14.6 Å². The third-order valence-electron chi connectivity index (χ3n) is 4.08. The van der Waals surface area contributed by atoms with Gasteiger partial charge in [0.05, 0.1) is 17.0 Å². The van der Waals surface area contributed by atoms with Crippen molar-refractivity contribution in [3.8, 4) is 11.3 Å². The van der Waals surface area contributed by atoms with Crippen LogP contribution in [0.5, 0.6) is 0 Å². The van der Waals surface area contributed by atoms with Crippen molar-refractivity contribution in [1.82, 2.24) is 15.2 Å². The molecule has 8 heteroatoms. The van der Waals surface area contributed by atoms with Crippen LogP contribution in [0.15, 0.2) is 54.7 Å². The molecule has 28 heavy (non-hydrogen) atoms. The normalized spacial score (nSPS) is 11.8. The van der Waals surface area contributed by atoms with E-state index in [0.717, 1.165) is 0 Å². The quantitative estimate of drug-likeness (QED) is 0.615. The van der Waals surface area contributed by atoms with Gasteiger partial charge in [-0.3, -0.25) is 4.98 Å². The maximum absolute atomic E-state index is 14.0. The lowest BCUT2D eigenvalue weighted by molar-refractivity contribution is 0.0697. The van der Waals surface area contributed by atoms with E-state index in [1.807, 2.05) is 0 Å². The Morgan fingerprint density at radius 2 is 2.00 bits per heavy atom. The van der Waals surface area contributed by atoms with E-state index in [0.29, 0.717) is 23.6 Å². The molecule has 2 aromatic heterocycles. The van der Waals surface area contributed by atoms with E-state index in [2.05, 4.69) is 20.5 Å². The molecule has 3 aromatic rings. The van der Waals surface area contributed by atoms with Crippen molar-refractivity contribution >= 4 is 11.8 Å². The number of carboxylic acids is 1. The Kier molecular flexibility index (Phi) is 6.21. The van der Waals surface area contributed by atoms with Crippen molar-refractivity contribution in [3.63, 3.8) is 0 Å². The molecule has 0 aliphatic rings. The lowest BCUT2D eigenvalue weighted by Crippen LogP contribution is -2.14. The van der Waals surface area contributed by atoms with Gasteiger partial charge in [0.25, 0.3) is 0 Å². The molecule has 0 amide bonds.